The van der Waals surface area contributed by atoms with Gasteiger partial charge in [0.25, 0.3) is 5.56 Å². The van der Waals surface area contributed by atoms with Gasteiger partial charge in [-0.1, -0.05) is 6.07 Å². The molecule has 2 fully saturated rings. The molecule has 4 heterocycles. The fourth-order valence-electron chi connectivity index (χ4n) is 5.71. The van der Waals surface area contributed by atoms with E-state index in [-0.39, 0.29) is 5.56 Å². The third-order valence-corrected chi connectivity index (χ3v) is 8.04. The van der Waals surface area contributed by atoms with Crippen LogP contribution in [0.15, 0.2) is 47.7 Å². The molecular weight excluding hydrogens is 484 g/mol. The number of carbonyl (C=O) groups is 1. The van der Waals surface area contributed by atoms with Gasteiger partial charge < -0.3 is 28.9 Å². The molecule has 0 spiro atoms. The van der Waals surface area contributed by atoms with E-state index in [1.54, 1.807) is 31.1 Å². The number of hydrogen-bond acceptors (Lipinski definition) is 6. The van der Waals surface area contributed by atoms with Crippen molar-refractivity contribution in [1.29, 1.82) is 0 Å². The maximum absolute atomic E-state index is 12.5. The van der Waals surface area contributed by atoms with E-state index in [1.165, 1.54) is 4.90 Å². The van der Waals surface area contributed by atoms with Crippen LogP contribution in [-0.4, -0.2) is 77.0 Å². The monoisotopic (exact) mass is 520 g/mol. The van der Waals surface area contributed by atoms with Crippen molar-refractivity contribution in [3.8, 4) is 22.6 Å². The summed E-state index contributed by atoms with van der Waals surface area (Å²) in [7, 11) is 3.40. The molecule has 0 aliphatic carbocycles. The van der Waals surface area contributed by atoms with Gasteiger partial charge in [-0.05, 0) is 79.8 Å². The second-order valence-corrected chi connectivity index (χ2v) is 10.5. The number of hydrogen-bond donors (Lipinski definition) is 1. The molecule has 2 aliphatic rings. The van der Waals surface area contributed by atoms with E-state index in [1.807, 2.05) is 30.5 Å². The van der Waals surface area contributed by atoms with Crippen LogP contribution in [0.1, 0.15) is 25.7 Å². The molecule has 5 rings (SSSR count). The van der Waals surface area contributed by atoms with Crippen LogP contribution in [0.4, 0.5) is 4.79 Å². The van der Waals surface area contributed by atoms with Gasteiger partial charge in [-0.15, -0.1) is 0 Å². The number of fused-ring (bicyclic) bond motifs is 1. The lowest BCUT2D eigenvalue weighted by Crippen LogP contribution is -2.43. The van der Waals surface area contributed by atoms with Gasteiger partial charge in [0.1, 0.15) is 0 Å². The average Bonchev–Trinajstić information content (AvgIpc) is 2.95. The van der Waals surface area contributed by atoms with Crippen LogP contribution >= 0.6 is 0 Å². The lowest BCUT2D eigenvalue weighted by Gasteiger charge is -2.37. The molecule has 0 atom stereocenters. The zero-order chi connectivity index (χ0) is 26.6. The minimum atomic E-state index is -0.798. The Morgan fingerprint density at radius 1 is 1.03 bits per heavy atom. The number of carboxylic acid groups (broad SMARTS) is 1. The van der Waals surface area contributed by atoms with Crippen molar-refractivity contribution in [2.75, 3.05) is 46.4 Å². The molecule has 0 bridgehead atoms. The molecule has 2 aromatic heterocycles. The van der Waals surface area contributed by atoms with Crippen molar-refractivity contribution < 1.29 is 19.4 Å². The smallest absolute Gasteiger partial charge is 0.407 e. The minimum Gasteiger partial charge on any atom is -0.493 e. The van der Waals surface area contributed by atoms with E-state index in [2.05, 4.69) is 9.88 Å². The van der Waals surface area contributed by atoms with E-state index >= 15 is 0 Å². The lowest BCUT2D eigenvalue weighted by molar-refractivity contribution is 0.0951. The third kappa shape index (κ3) is 5.62. The van der Waals surface area contributed by atoms with E-state index in [4.69, 9.17) is 14.6 Å². The van der Waals surface area contributed by atoms with Crippen molar-refractivity contribution in [2.45, 2.75) is 25.7 Å². The van der Waals surface area contributed by atoms with Crippen molar-refractivity contribution in [3.63, 3.8) is 0 Å². The number of aromatic nitrogens is 2. The summed E-state index contributed by atoms with van der Waals surface area (Å²) < 4.78 is 13.5. The number of aryl methyl sites for hydroxylation is 1. The Bertz CT molecular complexity index is 1340. The van der Waals surface area contributed by atoms with Crippen LogP contribution in [0.3, 0.4) is 0 Å². The average molecular weight is 521 g/mol. The molecule has 0 unspecified atom stereocenters. The van der Waals surface area contributed by atoms with Crippen LogP contribution in [0, 0.1) is 11.8 Å². The third-order valence-electron chi connectivity index (χ3n) is 8.04. The first-order chi connectivity index (χ1) is 18.4. The largest absolute Gasteiger partial charge is 0.493 e. The SMILES string of the molecule is COc1cc(-c2cn(C)c(=O)c3cnccc23)ccc1OCC1CCN(CC2CCN(C(=O)O)CC2)CC1. The van der Waals surface area contributed by atoms with Gasteiger partial charge in [-0.2, -0.15) is 0 Å². The summed E-state index contributed by atoms with van der Waals surface area (Å²) in [6.07, 6.45) is 8.46. The minimum absolute atomic E-state index is 0.0709. The first-order valence-corrected chi connectivity index (χ1v) is 13.4. The van der Waals surface area contributed by atoms with Gasteiger partial charge in [-0.25, -0.2) is 4.79 Å². The van der Waals surface area contributed by atoms with Crippen molar-refractivity contribution in [2.24, 2.45) is 18.9 Å². The molecule has 2 aliphatic heterocycles. The Balaban J connectivity index is 1.18. The van der Waals surface area contributed by atoms with E-state index in [0.29, 0.717) is 42.7 Å². The molecule has 38 heavy (non-hydrogen) atoms. The number of methoxy groups -OCH3 is 1. The zero-order valence-corrected chi connectivity index (χ0v) is 22.1. The highest BCUT2D eigenvalue weighted by atomic mass is 16.5. The Hall–Kier alpha value is -3.59. The summed E-state index contributed by atoms with van der Waals surface area (Å²) in [5.74, 6) is 2.47. The standard InChI is InChI=1S/C29H36N4O5/c1-31-18-25(23-5-10-30-16-24(23)28(31)34)22-3-4-26(27(15-22)37-2)38-19-21-6-11-32(12-7-21)17-20-8-13-33(14-9-20)29(35)36/h3-5,10,15-16,18,20-21H,6-9,11-14,17,19H2,1-2H3,(H,35,36). The van der Waals surface area contributed by atoms with Crippen LogP contribution in [-0.2, 0) is 7.05 Å². The second kappa shape index (κ2) is 11.4. The van der Waals surface area contributed by atoms with Crippen LogP contribution < -0.4 is 15.0 Å². The summed E-state index contributed by atoms with van der Waals surface area (Å²) >= 11 is 0. The maximum Gasteiger partial charge on any atom is 0.407 e. The summed E-state index contributed by atoms with van der Waals surface area (Å²) in [5, 5.41) is 10.6. The maximum atomic E-state index is 12.5. The molecule has 0 saturated carbocycles. The number of amides is 1. The lowest BCUT2D eigenvalue weighted by atomic mass is 9.93. The van der Waals surface area contributed by atoms with Gasteiger partial charge in [0, 0.05) is 50.8 Å². The number of nitrogens with zero attached hydrogens (tertiary/aromatic N) is 4. The molecule has 1 N–H and O–H groups in total. The highest BCUT2D eigenvalue weighted by molar-refractivity contribution is 5.95. The zero-order valence-electron chi connectivity index (χ0n) is 22.1. The quantitative estimate of drug-likeness (QED) is 0.501. The number of ether oxygens (including phenoxy) is 2. The normalized spacial score (nSPS) is 17.6. The predicted octanol–water partition coefficient (Wildman–Crippen LogP) is 4.09. The van der Waals surface area contributed by atoms with Gasteiger partial charge in [0.15, 0.2) is 11.5 Å². The Labute approximate surface area is 222 Å². The van der Waals surface area contributed by atoms with Crippen LogP contribution in [0.2, 0.25) is 0 Å². The van der Waals surface area contributed by atoms with Gasteiger partial charge in [0.2, 0.25) is 0 Å². The van der Waals surface area contributed by atoms with Crippen molar-refractivity contribution in [3.05, 3.63) is 53.2 Å². The van der Waals surface area contributed by atoms with Gasteiger partial charge in [-0.3, -0.25) is 9.78 Å². The topological polar surface area (TPSA) is 97.1 Å². The van der Waals surface area contributed by atoms with Crippen LogP contribution in [0.25, 0.3) is 21.9 Å². The number of pyridine rings is 2. The fraction of sp³-hybridized carbons (Fsp3) is 0.483. The molecule has 0 radical (unpaired) electrons. The summed E-state index contributed by atoms with van der Waals surface area (Å²) in [5.41, 5.74) is 1.82. The number of likely N-dealkylation sites (tertiary alicyclic amines) is 2. The summed E-state index contributed by atoms with van der Waals surface area (Å²) in [6.45, 7) is 5.12. The molecular formula is C29H36N4O5. The Kier molecular flexibility index (Phi) is 7.83. The van der Waals surface area contributed by atoms with Crippen LogP contribution in [0.5, 0.6) is 11.5 Å². The molecule has 1 amide bonds. The summed E-state index contributed by atoms with van der Waals surface area (Å²) in [6, 6.07) is 7.79. The molecule has 1 aromatic carbocycles. The Morgan fingerprint density at radius 3 is 2.47 bits per heavy atom. The van der Waals surface area contributed by atoms with E-state index in [0.717, 1.165) is 67.6 Å². The van der Waals surface area contributed by atoms with E-state index < -0.39 is 6.09 Å². The molecule has 9 heteroatoms. The fourth-order valence-corrected chi connectivity index (χ4v) is 5.71. The van der Waals surface area contributed by atoms with Crippen molar-refractivity contribution in [1.82, 2.24) is 19.4 Å². The second-order valence-electron chi connectivity index (χ2n) is 10.5. The highest BCUT2D eigenvalue weighted by Gasteiger charge is 2.26. The van der Waals surface area contributed by atoms with E-state index in [9.17, 15) is 9.59 Å². The summed E-state index contributed by atoms with van der Waals surface area (Å²) in [4.78, 5) is 31.8. The van der Waals surface area contributed by atoms with Gasteiger partial charge in [0.05, 0.1) is 19.1 Å². The number of rotatable bonds is 7. The number of benzene rings is 1. The molecule has 2 saturated heterocycles. The first-order valence-electron chi connectivity index (χ1n) is 13.4. The predicted molar refractivity (Wildman–Crippen MR) is 146 cm³/mol. The highest BCUT2D eigenvalue weighted by Crippen LogP contribution is 2.35. The molecule has 9 nitrogen and oxygen atoms in total. The molecule has 3 aromatic rings. The molecule has 202 valence electrons. The van der Waals surface area contributed by atoms with Gasteiger partial charge >= 0.3 is 6.09 Å². The number of piperidine rings is 2. The van der Waals surface area contributed by atoms with Crippen molar-refractivity contribution >= 4 is 16.9 Å². The Morgan fingerprint density at radius 2 is 1.76 bits per heavy atom. The first kappa shape index (κ1) is 26.0.